The first-order valence-electron chi connectivity index (χ1n) is 5.24. The van der Waals surface area contributed by atoms with Crippen LogP contribution in [0.2, 0.25) is 0 Å². The van der Waals surface area contributed by atoms with Crippen molar-refractivity contribution in [2.75, 3.05) is 13.7 Å². The number of aliphatic hydroxyl groups excluding tert-OH is 1. The molecule has 0 radical (unpaired) electrons. The number of benzene rings is 1. The van der Waals surface area contributed by atoms with Crippen LogP contribution >= 0.6 is 0 Å². The van der Waals surface area contributed by atoms with Crippen LogP contribution in [0.25, 0.3) is 0 Å². The smallest absolute Gasteiger partial charge is 0.336 e. The molecule has 0 heterocycles. The minimum absolute atomic E-state index is 0.272. The molecule has 1 aromatic rings. The molecule has 0 bridgehead atoms. The molecule has 1 unspecified atom stereocenters. The molecule has 0 aliphatic rings. The Kier molecular flexibility index (Phi) is 4.28. The summed E-state index contributed by atoms with van der Waals surface area (Å²) in [5.74, 6) is -1.31. The number of rotatable bonds is 5. The van der Waals surface area contributed by atoms with Crippen LogP contribution in [0.5, 0.6) is 5.75 Å². The summed E-state index contributed by atoms with van der Waals surface area (Å²) < 4.78 is 4.96. The third kappa shape index (κ3) is 2.60. The molecule has 6 nitrogen and oxygen atoms in total. The normalized spacial score (nSPS) is 13.5. The number of hydrogen-bond donors (Lipinski definition) is 3. The zero-order valence-electron chi connectivity index (χ0n) is 10.1. The van der Waals surface area contributed by atoms with Crippen LogP contribution in [-0.4, -0.2) is 35.8 Å². The average molecular weight is 253 g/mol. The van der Waals surface area contributed by atoms with E-state index in [4.69, 9.17) is 4.74 Å². The molecule has 0 aliphatic heterocycles. The van der Waals surface area contributed by atoms with E-state index in [9.17, 15) is 19.8 Å². The third-order valence-electron chi connectivity index (χ3n) is 2.57. The molecule has 0 saturated carbocycles. The van der Waals surface area contributed by atoms with E-state index in [1.807, 2.05) is 0 Å². The number of aliphatic hydroxyl groups is 1. The number of ether oxygens (including phenoxy) is 1. The highest BCUT2D eigenvalue weighted by Gasteiger charge is 2.40. The van der Waals surface area contributed by atoms with Crippen LogP contribution in [0.3, 0.4) is 0 Å². The van der Waals surface area contributed by atoms with Gasteiger partial charge in [-0.2, -0.15) is 0 Å². The van der Waals surface area contributed by atoms with Crippen molar-refractivity contribution >= 4 is 11.9 Å². The fourth-order valence-electron chi connectivity index (χ4n) is 1.62. The van der Waals surface area contributed by atoms with Crippen LogP contribution in [0, 0.1) is 0 Å². The zero-order chi connectivity index (χ0) is 13.8. The Balaban J connectivity index is 3.23. The maximum atomic E-state index is 11.3. The van der Waals surface area contributed by atoms with Crippen molar-refractivity contribution in [2.45, 2.75) is 12.5 Å². The maximum Gasteiger partial charge on any atom is 0.336 e. The van der Waals surface area contributed by atoms with Crippen molar-refractivity contribution in [3.05, 3.63) is 29.8 Å². The molecule has 0 aromatic heterocycles. The topological polar surface area (TPSA) is 95.9 Å². The molecule has 1 amide bonds. The minimum Gasteiger partial charge on any atom is -0.497 e. The minimum atomic E-state index is -1.84. The van der Waals surface area contributed by atoms with E-state index in [1.54, 1.807) is 12.1 Å². The molecule has 1 aromatic carbocycles. The van der Waals surface area contributed by atoms with Gasteiger partial charge in [-0.05, 0) is 17.7 Å². The van der Waals surface area contributed by atoms with E-state index in [2.05, 4.69) is 5.32 Å². The summed E-state index contributed by atoms with van der Waals surface area (Å²) in [6.07, 6.45) is 0. The molecule has 0 spiro atoms. The predicted octanol–water partition coefficient (Wildman–Crippen LogP) is 0.103. The van der Waals surface area contributed by atoms with Crippen LogP contribution in [0.4, 0.5) is 0 Å². The number of methoxy groups -OCH3 is 1. The monoisotopic (exact) mass is 253 g/mol. The number of aliphatic carboxylic acids is 1. The van der Waals surface area contributed by atoms with Gasteiger partial charge in [-0.25, -0.2) is 4.79 Å². The summed E-state index contributed by atoms with van der Waals surface area (Å²) >= 11 is 0. The molecule has 0 aliphatic carbocycles. The lowest BCUT2D eigenvalue weighted by Gasteiger charge is -2.28. The fraction of sp³-hybridized carbons (Fsp3) is 0.333. The molecule has 98 valence electrons. The molecule has 0 fully saturated rings. The number of hydrogen-bond acceptors (Lipinski definition) is 4. The number of amides is 1. The Hall–Kier alpha value is -2.08. The second kappa shape index (κ2) is 5.50. The highest BCUT2D eigenvalue weighted by molar-refractivity contribution is 5.87. The molecule has 1 atom stereocenters. The van der Waals surface area contributed by atoms with E-state index < -0.39 is 24.0 Å². The summed E-state index contributed by atoms with van der Waals surface area (Å²) in [7, 11) is 1.49. The standard InChI is InChI=1S/C12H15NO5/c1-8(15)13-12(7-14,11(16)17)9-3-5-10(18-2)6-4-9/h3-6,14H,7H2,1-2H3,(H,13,15)(H,16,17). The Morgan fingerprint density at radius 2 is 1.89 bits per heavy atom. The lowest BCUT2D eigenvalue weighted by Crippen LogP contribution is -2.54. The lowest BCUT2D eigenvalue weighted by atomic mass is 9.90. The lowest BCUT2D eigenvalue weighted by molar-refractivity contribution is -0.150. The largest absolute Gasteiger partial charge is 0.497 e. The molecule has 1 rings (SSSR count). The number of carbonyl (C=O) groups is 2. The van der Waals surface area contributed by atoms with Crippen LogP contribution < -0.4 is 10.1 Å². The molecule has 0 saturated heterocycles. The van der Waals surface area contributed by atoms with E-state index in [1.165, 1.54) is 26.2 Å². The summed E-state index contributed by atoms with van der Waals surface area (Å²) in [6, 6.07) is 6.09. The van der Waals surface area contributed by atoms with Gasteiger partial charge in [0.05, 0.1) is 13.7 Å². The van der Waals surface area contributed by atoms with Gasteiger partial charge in [-0.15, -0.1) is 0 Å². The van der Waals surface area contributed by atoms with Crippen molar-refractivity contribution in [1.29, 1.82) is 0 Å². The van der Waals surface area contributed by atoms with Gasteiger partial charge in [-0.3, -0.25) is 4.79 Å². The molecular weight excluding hydrogens is 238 g/mol. The van der Waals surface area contributed by atoms with E-state index in [-0.39, 0.29) is 5.56 Å². The Bertz CT molecular complexity index is 442. The average Bonchev–Trinajstić information content (AvgIpc) is 2.35. The highest BCUT2D eigenvalue weighted by atomic mass is 16.5. The third-order valence-corrected chi connectivity index (χ3v) is 2.57. The van der Waals surface area contributed by atoms with Gasteiger partial charge in [0.25, 0.3) is 0 Å². The number of carboxylic acid groups (broad SMARTS) is 1. The van der Waals surface area contributed by atoms with Crippen LogP contribution in [0.15, 0.2) is 24.3 Å². The van der Waals surface area contributed by atoms with Gasteiger partial charge in [0.15, 0.2) is 5.54 Å². The van der Waals surface area contributed by atoms with Crippen molar-refractivity contribution in [3.63, 3.8) is 0 Å². The van der Waals surface area contributed by atoms with Crippen molar-refractivity contribution in [2.24, 2.45) is 0 Å². The fourth-order valence-corrected chi connectivity index (χ4v) is 1.62. The van der Waals surface area contributed by atoms with Crippen molar-refractivity contribution < 1.29 is 24.5 Å². The number of carbonyl (C=O) groups excluding carboxylic acids is 1. The Morgan fingerprint density at radius 1 is 1.33 bits per heavy atom. The Morgan fingerprint density at radius 3 is 2.22 bits per heavy atom. The van der Waals surface area contributed by atoms with Gasteiger partial charge in [0, 0.05) is 6.92 Å². The van der Waals surface area contributed by atoms with Gasteiger partial charge in [0.2, 0.25) is 5.91 Å². The van der Waals surface area contributed by atoms with E-state index in [0.717, 1.165) is 0 Å². The maximum absolute atomic E-state index is 11.3. The van der Waals surface area contributed by atoms with Crippen molar-refractivity contribution in [1.82, 2.24) is 5.32 Å². The number of carboxylic acids is 1. The first-order valence-corrected chi connectivity index (χ1v) is 5.24. The quantitative estimate of drug-likeness (QED) is 0.692. The first-order chi connectivity index (χ1) is 8.46. The zero-order valence-corrected chi connectivity index (χ0v) is 10.1. The molecule has 6 heteroatoms. The number of nitrogens with one attached hydrogen (secondary N) is 1. The summed E-state index contributed by atoms with van der Waals surface area (Å²) in [6.45, 7) is 0.450. The summed E-state index contributed by atoms with van der Waals surface area (Å²) in [5, 5.41) is 20.9. The molecule has 3 N–H and O–H groups in total. The van der Waals surface area contributed by atoms with E-state index in [0.29, 0.717) is 5.75 Å². The van der Waals surface area contributed by atoms with E-state index >= 15 is 0 Å². The summed E-state index contributed by atoms with van der Waals surface area (Å²) in [5.41, 5.74) is -1.56. The van der Waals surface area contributed by atoms with Gasteiger partial charge in [-0.1, -0.05) is 12.1 Å². The second-order valence-corrected chi connectivity index (χ2v) is 3.78. The first kappa shape index (κ1) is 14.0. The predicted molar refractivity (Wildman–Crippen MR) is 63.2 cm³/mol. The van der Waals surface area contributed by atoms with Gasteiger partial charge in [0.1, 0.15) is 5.75 Å². The Labute approximate surface area is 104 Å². The molecular formula is C12H15NO5. The van der Waals surface area contributed by atoms with Gasteiger partial charge < -0.3 is 20.3 Å². The highest BCUT2D eigenvalue weighted by Crippen LogP contribution is 2.24. The van der Waals surface area contributed by atoms with Crippen molar-refractivity contribution in [3.8, 4) is 5.75 Å². The summed E-state index contributed by atoms with van der Waals surface area (Å²) in [4.78, 5) is 22.4. The van der Waals surface area contributed by atoms with Crippen LogP contribution in [0.1, 0.15) is 12.5 Å². The van der Waals surface area contributed by atoms with Crippen LogP contribution in [-0.2, 0) is 15.1 Å². The second-order valence-electron chi connectivity index (χ2n) is 3.78. The molecule has 18 heavy (non-hydrogen) atoms. The van der Waals surface area contributed by atoms with Gasteiger partial charge >= 0.3 is 5.97 Å². The SMILES string of the molecule is COc1ccc(C(CO)(NC(C)=O)C(=O)O)cc1.